The molecule has 1 N–H and O–H groups in total. The first-order chi connectivity index (χ1) is 27.6. The normalized spacial score (nSPS) is 12.1. The Kier molecular flexibility index (Phi) is 15.6. The number of pyridine rings is 1. The van der Waals surface area contributed by atoms with Crippen LogP contribution in [0.3, 0.4) is 0 Å². The van der Waals surface area contributed by atoms with E-state index in [1.807, 2.05) is 42.5 Å². The molecule has 9 nitrogen and oxygen atoms in total. The van der Waals surface area contributed by atoms with Gasteiger partial charge in [-0.15, -0.1) is 0 Å². The Morgan fingerprint density at radius 2 is 1.41 bits per heavy atom. The number of sulfone groups is 1. The number of carbonyl (C=O) groups excluding carboxylic acids is 1. The standard InChI is InChI=1S/C47H56NO8PS/c1-47(2,3)37-30-35(46(55-5)36(31-37)16-12-28-58(6,52)53)15-11-19-39(49)18-10-14-34-23-24-43(42-21-8-7-20-41(34)42)56-40-26-27-48-38(32-40)17-9-13-33-22-25-45(57(50)51)44(29-33)54-4/h7-8,20-27,29-32H,9-19,28H2,1-6H3/p+1. The average Bonchev–Trinajstić information content (AvgIpc) is 3.17. The van der Waals surface area contributed by atoms with Gasteiger partial charge in [-0.1, -0.05) is 69.3 Å². The molecule has 0 spiro atoms. The molecule has 1 unspecified atom stereocenters. The smallest absolute Gasteiger partial charge is 0.496 e. The van der Waals surface area contributed by atoms with Crippen LogP contribution in [0.5, 0.6) is 23.0 Å². The number of fused-ring (bicyclic) bond motifs is 1. The zero-order valence-corrected chi connectivity index (χ0v) is 36.4. The van der Waals surface area contributed by atoms with E-state index in [0.29, 0.717) is 48.9 Å². The minimum atomic E-state index is -3.05. The molecule has 0 fully saturated rings. The number of benzene rings is 4. The van der Waals surface area contributed by atoms with Crippen molar-refractivity contribution in [2.24, 2.45) is 0 Å². The third kappa shape index (κ3) is 12.7. The van der Waals surface area contributed by atoms with Crippen molar-refractivity contribution in [2.45, 2.75) is 96.8 Å². The lowest BCUT2D eigenvalue weighted by atomic mass is 9.83. The van der Waals surface area contributed by atoms with Gasteiger partial charge in [-0.05, 0) is 125 Å². The van der Waals surface area contributed by atoms with Gasteiger partial charge in [-0.3, -0.25) is 9.78 Å². The molecular formula is C47H57NO8PS+. The summed E-state index contributed by atoms with van der Waals surface area (Å²) in [7, 11) is -2.36. The number of rotatable bonds is 21. The van der Waals surface area contributed by atoms with Gasteiger partial charge in [0, 0.05) is 42.4 Å². The molecule has 1 atom stereocenters. The van der Waals surface area contributed by atoms with Crippen molar-refractivity contribution >= 4 is 39.7 Å². The van der Waals surface area contributed by atoms with Gasteiger partial charge < -0.3 is 14.2 Å². The van der Waals surface area contributed by atoms with Gasteiger partial charge in [0.25, 0.3) is 5.30 Å². The Labute approximate surface area is 345 Å². The molecule has 1 heterocycles. The van der Waals surface area contributed by atoms with Gasteiger partial charge in [-0.2, -0.15) is 4.89 Å². The highest BCUT2D eigenvalue weighted by molar-refractivity contribution is 7.90. The first-order valence-electron chi connectivity index (χ1n) is 20.0. The van der Waals surface area contributed by atoms with Gasteiger partial charge in [-0.25, -0.2) is 8.42 Å². The molecule has 58 heavy (non-hydrogen) atoms. The van der Waals surface area contributed by atoms with Gasteiger partial charge >= 0.3 is 8.03 Å². The number of ether oxygens (including phenoxy) is 3. The SMILES string of the molecule is COc1cc(CCCc2cc(Oc3ccc(CCCC(=O)CCCc4cc(C(C)(C)C)cc(CCCS(C)(=O)=O)c4OC)c4ccccc34)ccn2)ccc1[P+](=O)O. The average molecular weight is 827 g/mol. The number of hydrogen-bond acceptors (Lipinski definition) is 8. The third-order valence-electron chi connectivity index (χ3n) is 10.4. The second kappa shape index (κ2) is 20.4. The van der Waals surface area contributed by atoms with E-state index in [4.69, 9.17) is 14.2 Å². The molecule has 0 saturated heterocycles. The highest BCUT2D eigenvalue weighted by Gasteiger charge is 2.23. The minimum Gasteiger partial charge on any atom is -0.496 e. The monoisotopic (exact) mass is 826 g/mol. The summed E-state index contributed by atoms with van der Waals surface area (Å²) < 4.78 is 52.7. The summed E-state index contributed by atoms with van der Waals surface area (Å²) in [5.41, 5.74) is 6.29. The predicted molar refractivity (Wildman–Crippen MR) is 233 cm³/mol. The molecule has 0 saturated carbocycles. The molecule has 0 bridgehead atoms. The van der Waals surface area contributed by atoms with E-state index >= 15 is 0 Å². The van der Waals surface area contributed by atoms with Crippen LogP contribution in [-0.2, 0) is 56.7 Å². The molecule has 308 valence electrons. The molecule has 5 aromatic rings. The summed E-state index contributed by atoms with van der Waals surface area (Å²) >= 11 is 0. The van der Waals surface area contributed by atoms with Crippen LogP contribution in [0.15, 0.2) is 85.1 Å². The topological polar surface area (TPSA) is 129 Å². The summed E-state index contributed by atoms with van der Waals surface area (Å²) in [5, 5.41) is 2.41. The van der Waals surface area contributed by atoms with E-state index in [-0.39, 0.29) is 17.0 Å². The molecule has 5 rings (SSSR count). The summed E-state index contributed by atoms with van der Waals surface area (Å²) in [6, 6.07) is 25.8. The Morgan fingerprint density at radius 3 is 2.05 bits per heavy atom. The van der Waals surface area contributed by atoms with Crippen LogP contribution >= 0.6 is 8.03 Å². The van der Waals surface area contributed by atoms with Crippen molar-refractivity contribution < 1.29 is 36.9 Å². The van der Waals surface area contributed by atoms with E-state index in [2.05, 4.69) is 56.1 Å². The maximum absolute atomic E-state index is 13.1. The van der Waals surface area contributed by atoms with Gasteiger partial charge in [0.15, 0.2) is 5.75 Å². The van der Waals surface area contributed by atoms with E-state index < -0.39 is 17.9 Å². The van der Waals surface area contributed by atoms with E-state index in [1.54, 1.807) is 19.4 Å². The number of methoxy groups -OCH3 is 2. The first kappa shape index (κ1) is 44.5. The predicted octanol–water partition coefficient (Wildman–Crippen LogP) is 9.77. The molecule has 0 amide bonds. The number of Topliss-reactive ketones (excluding diaryl/α,β-unsaturated/α-hetero) is 1. The highest BCUT2D eigenvalue weighted by Crippen LogP contribution is 2.35. The van der Waals surface area contributed by atoms with Crippen molar-refractivity contribution in [3.63, 3.8) is 0 Å². The van der Waals surface area contributed by atoms with Gasteiger partial charge in [0.05, 0.1) is 20.0 Å². The Hall–Kier alpha value is -4.63. The van der Waals surface area contributed by atoms with Crippen molar-refractivity contribution in [3.8, 4) is 23.0 Å². The van der Waals surface area contributed by atoms with Crippen LogP contribution in [0.2, 0.25) is 0 Å². The van der Waals surface area contributed by atoms with Crippen LogP contribution in [-0.4, -0.2) is 50.3 Å². The maximum atomic E-state index is 13.1. The molecule has 0 aliphatic rings. The lowest BCUT2D eigenvalue weighted by Crippen LogP contribution is -2.14. The summed E-state index contributed by atoms with van der Waals surface area (Å²) in [6.45, 7) is 6.50. The fourth-order valence-corrected chi connectivity index (χ4v) is 8.57. The number of carbonyl (C=O) groups is 1. The molecule has 0 radical (unpaired) electrons. The van der Waals surface area contributed by atoms with Crippen LogP contribution in [0.1, 0.15) is 92.8 Å². The molecule has 4 aromatic carbocycles. The number of nitrogens with zero attached hydrogens (tertiary/aromatic N) is 1. The number of ketones is 1. The van der Waals surface area contributed by atoms with Crippen molar-refractivity contribution in [1.82, 2.24) is 4.98 Å². The van der Waals surface area contributed by atoms with Crippen LogP contribution in [0, 0.1) is 0 Å². The fraction of sp³-hybridized carbons (Fsp3) is 0.404. The number of aromatic nitrogens is 1. The molecule has 0 aliphatic carbocycles. The van der Waals surface area contributed by atoms with Crippen molar-refractivity contribution in [3.05, 3.63) is 119 Å². The maximum Gasteiger partial charge on any atom is 0.550 e. The Bertz CT molecular complexity index is 2330. The fourth-order valence-electron chi connectivity index (χ4n) is 7.36. The second-order valence-electron chi connectivity index (χ2n) is 16.0. The molecular weight excluding hydrogens is 770 g/mol. The minimum absolute atomic E-state index is 0.0837. The van der Waals surface area contributed by atoms with Crippen molar-refractivity contribution in [2.75, 3.05) is 26.2 Å². The molecule has 11 heteroatoms. The Balaban J connectivity index is 1.15. The van der Waals surface area contributed by atoms with Crippen LogP contribution in [0.4, 0.5) is 0 Å². The largest absolute Gasteiger partial charge is 0.550 e. The quantitative estimate of drug-likeness (QED) is 0.0719. The Morgan fingerprint density at radius 1 is 0.741 bits per heavy atom. The second-order valence-corrected chi connectivity index (χ2v) is 19.3. The lowest BCUT2D eigenvalue weighted by molar-refractivity contribution is -0.119. The zero-order chi connectivity index (χ0) is 41.9. The first-order valence-corrected chi connectivity index (χ1v) is 23.3. The molecule has 1 aromatic heterocycles. The molecule has 0 aliphatic heterocycles. The summed E-state index contributed by atoms with van der Waals surface area (Å²) in [5.74, 6) is 3.07. The zero-order valence-electron chi connectivity index (χ0n) is 34.7. The number of aryl methyl sites for hydroxylation is 5. The highest BCUT2D eigenvalue weighted by atomic mass is 32.2. The van der Waals surface area contributed by atoms with Gasteiger partial charge in [0.1, 0.15) is 32.9 Å². The number of hydrogen-bond donors (Lipinski definition) is 1. The summed E-state index contributed by atoms with van der Waals surface area (Å²) in [6.07, 6.45) is 10.5. The van der Waals surface area contributed by atoms with E-state index in [1.165, 1.54) is 24.5 Å². The van der Waals surface area contributed by atoms with E-state index in [0.717, 1.165) is 83.2 Å². The lowest BCUT2D eigenvalue weighted by Gasteiger charge is -2.24. The van der Waals surface area contributed by atoms with Crippen molar-refractivity contribution in [1.29, 1.82) is 0 Å². The third-order valence-corrected chi connectivity index (χ3v) is 12.2. The van der Waals surface area contributed by atoms with Crippen LogP contribution in [0.25, 0.3) is 10.8 Å². The summed E-state index contributed by atoms with van der Waals surface area (Å²) in [4.78, 5) is 27.2. The van der Waals surface area contributed by atoms with E-state index in [9.17, 15) is 22.7 Å². The van der Waals surface area contributed by atoms with Gasteiger partial charge in [0.2, 0.25) is 0 Å². The van der Waals surface area contributed by atoms with Crippen LogP contribution < -0.4 is 19.5 Å².